The summed E-state index contributed by atoms with van der Waals surface area (Å²) in [6.07, 6.45) is 5.35. The largest absolute Gasteiger partial charge is 0.478 e. The Morgan fingerprint density at radius 3 is 2.49 bits per heavy atom. The van der Waals surface area contributed by atoms with Gasteiger partial charge in [-0.1, -0.05) is 24.9 Å². The van der Waals surface area contributed by atoms with Crippen LogP contribution in [0.5, 0.6) is 0 Å². The molecule has 3 rings (SSSR count). The zero-order valence-corrected chi connectivity index (χ0v) is 19.8. The minimum Gasteiger partial charge on any atom is -0.478 e. The second-order valence-corrected chi connectivity index (χ2v) is 8.34. The number of unbranched alkanes of at least 4 members (excludes halogenated alkanes) is 1. The Morgan fingerprint density at radius 2 is 1.86 bits per heavy atom. The molecule has 10 heteroatoms. The number of aliphatic carboxylic acids is 1. The van der Waals surface area contributed by atoms with Gasteiger partial charge in [-0.2, -0.15) is 0 Å². The maximum Gasteiger partial charge on any atom is 0.339 e. The molecule has 0 spiro atoms. The minimum atomic E-state index is -1.28. The fourth-order valence-corrected chi connectivity index (χ4v) is 3.92. The molecule has 0 saturated heterocycles. The van der Waals surface area contributed by atoms with Crippen molar-refractivity contribution in [3.63, 3.8) is 0 Å². The van der Waals surface area contributed by atoms with Gasteiger partial charge in [0, 0.05) is 23.5 Å². The third-order valence-corrected chi connectivity index (χ3v) is 5.84. The number of hydrogen-bond donors (Lipinski definition) is 1. The van der Waals surface area contributed by atoms with Crippen LogP contribution in [0.2, 0.25) is 5.02 Å². The highest BCUT2D eigenvalue weighted by atomic mass is 35.5. The van der Waals surface area contributed by atoms with Crippen molar-refractivity contribution >= 4 is 41.0 Å². The van der Waals surface area contributed by atoms with E-state index in [4.69, 9.17) is 16.3 Å². The monoisotopic (exact) mass is 502 g/mol. The molecule has 0 atom stereocenters. The molecule has 0 radical (unpaired) electrons. The van der Waals surface area contributed by atoms with Crippen LogP contribution < -0.4 is 4.90 Å². The Labute approximate surface area is 206 Å². The number of benzene rings is 1. The van der Waals surface area contributed by atoms with Crippen LogP contribution in [-0.2, 0) is 14.3 Å². The van der Waals surface area contributed by atoms with Crippen molar-refractivity contribution < 1.29 is 33.4 Å². The first-order valence-electron chi connectivity index (χ1n) is 11.2. The van der Waals surface area contributed by atoms with E-state index in [0.717, 1.165) is 18.6 Å². The van der Waals surface area contributed by atoms with Gasteiger partial charge >= 0.3 is 11.9 Å². The molecule has 0 bridgehead atoms. The van der Waals surface area contributed by atoms with Gasteiger partial charge in [-0.15, -0.1) is 0 Å². The van der Waals surface area contributed by atoms with Gasteiger partial charge in [0.15, 0.2) is 0 Å². The third kappa shape index (κ3) is 5.92. The van der Waals surface area contributed by atoms with E-state index in [1.165, 1.54) is 24.5 Å². The first kappa shape index (κ1) is 26.0. The molecule has 8 nitrogen and oxygen atoms in total. The van der Waals surface area contributed by atoms with Crippen LogP contribution in [0, 0.1) is 5.82 Å². The van der Waals surface area contributed by atoms with Gasteiger partial charge in [0.25, 0.3) is 11.8 Å². The molecule has 0 unspecified atom stereocenters. The van der Waals surface area contributed by atoms with Crippen LogP contribution in [-0.4, -0.2) is 40.5 Å². The average Bonchev–Trinajstić information content (AvgIpc) is 2.85. The molecule has 1 aliphatic carbocycles. The zero-order chi connectivity index (χ0) is 25.5. The highest BCUT2D eigenvalue weighted by molar-refractivity contribution is 6.34. The summed E-state index contributed by atoms with van der Waals surface area (Å²) in [5, 5.41) is 9.35. The number of ether oxygens (including phenoxy) is 1. The quantitative estimate of drug-likeness (QED) is 0.308. The first-order valence-corrected chi connectivity index (χ1v) is 11.5. The van der Waals surface area contributed by atoms with E-state index in [1.54, 1.807) is 0 Å². The second-order valence-electron chi connectivity index (χ2n) is 7.93. The molecule has 1 N–H and O–H groups in total. The Hall–Kier alpha value is -3.59. The van der Waals surface area contributed by atoms with Crippen molar-refractivity contribution in [2.75, 3.05) is 11.5 Å². The summed E-state index contributed by atoms with van der Waals surface area (Å²) >= 11 is 6.08. The Kier molecular flexibility index (Phi) is 8.70. The fraction of sp³-hybridized carbons (Fsp3) is 0.320. The summed E-state index contributed by atoms with van der Waals surface area (Å²) < 4.78 is 20.3. The molecular weight excluding hydrogens is 479 g/mol. The predicted octanol–water partition coefficient (Wildman–Crippen LogP) is 4.96. The van der Waals surface area contributed by atoms with E-state index in [1.807, 2.05) is 6.92 Å². The van der Waals surface area contributed by atoms with E-state index in [-0.39, 0.29) is 46.7 Å². The van der Waals surface area contributed by atoms with Crippen molar-refractivity contribution in [3.05, 3.63) is 69.8 Å². The minimum absolute atomic E-state index is 0.0319. The number of carboxylic acid groups (broad SMARTS) is 1. The normalized spacial score (nSPS) is 13.3. The maximum atomic E-state index is 15.2. The van der Waals surface area contributed by atoms with E-state index in [9.17, 15) is 24.3 Å². The van der Waals surface area contributed by atoms with Gasteiger partial charge in [-0.3, -0.25) is 14.6 Å². The molecule has 35 heavy (non-hydrogen) atoms. The molecule has 1 heterocycles. The summed E-state index contributed by atoms with van der Waals surface area (Å²) in [6.45, 7) is 2.03. The number of anilines is 1. The van der Waals surface area contributed by atoms with Crippen LogP contribution in [0.4, 0.5) is 10.1 Å². The molecular formula is C25H24ClFN2O6. The Balaban J connectivity index is 2.15. The number of esters is 1. The van der Waals surface area contributed by atoms with Gasteiger partial charge < -0.3 is 9.84 Å². The average molecular weight is 503 g/mol. The highest BCUT2D eigenvalue weighted by Crippen LogP contribution is 2.33. The fourth-order valence-electron chi connectivity index (χ4n) is 3.69. The standard InChI is InChI=1S/C25H24ClFN2O6/c1-2-3-11-35-25(34)18-12-21(20(27)13-19(18)26)29(22(30)15-7-6-10-28-14-15)23(31)16-8-4-5-9-17(16)24(32)33/h6-7,10,12-14H,2-5,8-9,11H2,1H3,(H,32,33). The number of aromatic nitrogens is 1. The van der Waals surface area contributed by atoms with Crippen LogP contribution in [0.3, 0.4) is 0 Å². The van der Waals surface area contributed by atoms with Gasteiger partial charge in [0.1, 0.15) is 5.82 Å². The lowest BCUT2D eigenvalue weighted by Gasteiger charge is -2.26. The molecule has 0 fully saturated rings. The number of carbonyl (C=O) groups excluding carboxylic acids is 3. The van der Waals surface area contributed by atoms with E-state index >= 15 is 4.39 Å². The summed E-state index contributed by atoms with van der Waals surface area (Å²) in [4.78, 5) is 55.8. The van der Waals surface area contributed by atoms with Gasteiger partial charge in [-0.25, -0.2) is 18.9 Å². The molecule has 184 valence electrons. The molecule has 1 aromatic carbocycles. The van der Waals surface area contributed by atoms with Crippen molar-refractivity contribution in [2.24, 2.45) is 0 Å². The molecule has 1 aromatic heterocycles. The van der Waals surface area contributed by atoms with E-state index in [0.29, 0.717) is 24.2 Å². The highest BCUT2D eigenvalue weighted by Gasteiger charge is 2.34. The number of pyridine rings is 1. The van der Waals surface area contributed by atoms with Crippen LogP contribution >= 0.6 is 11.6 Å². The summed E-state index contributed by atoms with van der Waals surface area (Å²) in [5.74, 6) is -5.08. The number of halogens is 2. The topological polar surface area (TPSA) is 114 Å². The molecule has 2 amide bonds. The lowest BCUT2D eigenvalue weighted by molar-refractivity contribution is -0.133. The van der Waals surface area contributed by atoms with Gasteiger partial charge in [-0.05, 0) is 56.4 Å². The zero-order valence-electron chi connectivity index (χ0n) is 19.1. The molecule has 0 aliphatic heterocycles. The number of nitrogens with zero attached hydrogens (tertiary/aromatic N) is 2. The summed E-state index contributed by atoms with van der Waals surface area (Å²) in [7, 11) is 0. The van der Waals surface area contributed by atoms with Crippen molar-refractivity contribution in [3.8, 4) is 0 Å². The van der Waals surface area contributed by atoms with Crippen molar-refractivity contribution in [1.82, 2.24) is 4.98 Å². The molecule has 1 aliphatic rings. The van der Waals surface area contributed by atoms with Crippen LogP contribution in [0.25, 0.3) is 0 Å². The SMILES string of the molecule is CCCCOC(=O)c1cc(N(C(=O)C2=C(C(=O)O)CCCC2)C(=O)c2cccnc2)c(F)cc1Cl. The van der Waals surface area contributed by atoms with E-state index in [2.05, 4.69) is 4.98 Å². The van der Waals surface area contributed by atoms with Crippen LogP contribution in [0.1, 0.15) is 66.2 Å². The molecule has 0 saturated carbocycles. The second kappa shape index (κ2) is 11.7. The summed E-state index contributed by atoms with van der Waals surface area (Å²) in [6, 6.07) is 4.64. The number of imide groups is 1. The molecule has 2 aromatic rings. The lowest BCUT2D eigenvalue weighted by atomic mass is 9.90. The Bertz CT molecular complexity index is 1180. The first-order chi connectivity index (χ1) is 16.8. The van der Waals surface area contributed by atoms with Crippen molar-refractivity contribution in [2.45, 2.75) is 45.4 Å². The predicted molar refractivity (Wildman–Crippen MR) is 126 cm³/mol. The number of rotatable bonds is 8. The number of hydrogen-bond acceptors (Lipinski definition) is 6. The number of amides is 2. The van der Waals surface area contributed by atoms with Gasteiger partial charge in [0.2, 0.25) is 0 Å². The van der Waals surface area contributed by atoms with Crippen molar-refractivity contribution in [1.29, 1.82) is 0 Å². The Morgan fingerprint density at radius 1 is 1.14 bits per heavy atom. The van der Waals surface area contributed by atoms with Gasteiger partial charge in [0.05, 0.1) is 28.4 Å². The summed E-state index contributed by atoms with van der Waals surface area (Å²) in [5.41, 5.74) is -1.03. The van der Waals surface area contributed by atoms with E-state index < -0.39 is 35.3 Å². The third-order valence-electron chi connectivity index (χ3n) is 5.53. The lowest BCUT2D eigenvalue weighted by Crippen LogP contribution is -2.40. The smallest absolute Gasteiger partial charge is 0.339 e. The number of carbonyl (C=O) groups is 4. The number of carboxylic acids is 1. The van der Waals surface area contributed by atoms with Crippen LogP contribution in [0.15, 0.2) is 47.8 Å². The maximum absolute atomic E-state index is 15.2.